The Hall–Kier alpha value is -0.240. The molecule has 0 aromatic rings. The van der Waals surface area contributed by atoms with Gasteiger partial charge in [-0.1, -0.05) is 54.9 Å². The van der Waals surface area contributed by atoms with Crippen LogP contribution in [0.4, 0.5) is 0 Å². The molecule has 0 saturated carbocycles. The highest BCUT2D eigenvalue weighted by Crippen LogP contribution is 2.40. The quantitative estimate of drug-likeness (QED) is 0.151. The molecule has 3 saturated heterocycles. The van der Waals surface area contributed by atoms with Crippen molar-refractivity contribution in [1.29, 1.82) is 0 Å². The lowest BCUT2D eigenvalue weighted by Gasteiger charge is -2.45. The van der Waals surface area contributed by atoms with E-state index in [0.717, 1.165) is 71.7 Å². The normalized spacial score (nSPS) is 43.3. The van der Waals surface area contributed by atoms with E-state index in [1.165, 1.54) is 6.42 Å². The zero-order valence-corrected chi connectivity index (χ0v) is 30.6. The Morgan fingerprint density at radius 2 is 0.705 bits per heavy atom. The Bertz CT molecular complexity index is 778. The summed E-state index contributed by atoms with van der Waals surface area (Å²) in [5, 5.41) is 0. The van der Waals surface area contributed by atoms with Crippen LogP contribution >= 0.6 is 0 Å². The summed E-state index contributed by atoms with van der Waals surface area (Å²) < 4.78 is 37.5. The van der Waals surface area contributed by atoms with Crippen molar-refractivity contribution in [3.63, 3.8) is 0 Å². The van der Waals surface area contributed by atoms with Gasteiger partial charge in [0.1, 0.15) is 0 Å². The standard InChI is InChI=1S/C38H72O6/c1-12-33-24(3)27(6)37(42-30(33)9)17-22-40-19-15-35-26(5)29(8)38(44-32(35)11)18-23-41-20-14-34-25(4)28(7)36(43-31(34)10)16-21-39-13-2/h24-38H,12-23H2,1-11H3. The van der Waals surface area contributed by atoms with Crippen LogP contribution in [0, 0.1) is 53.3 Å². The molecular formula is C38H72O6. The van der Waals surface area contributed by atoms with Crippen LogP contribution in [0.25, 0.3) is 0 Å². The lowest BCUT2D eigenvalue weighted by atomic mass is 9.74. The Kier molecular flexibility index (Phi) is 16.4. The highest BCUT2D eigenvalue weighted by molar-refractivity contribution is 4.88. The molecule has 15 unspecified atom stereocenters. The van der Waals surface area contributed by atoms with Gasteiger partial charge in [0.15, 0.2) is 0 Å². The van der Waals surface area contributed by atoms with Gasteiger partial charge in [-0.2, -0.15) is 0 Å². The van der Waals surface area contributed by atoms with Crippen molar-refractivity contribution in [3.05, 3.63) is 0 Å². The molecule has 0 bridgehead atoms. The van der Waals surface area contributed by atoms with Gasteiger partial charge in [-0.15, -0.1) is 0 Å². The minimum Gasteiger partial charge on any atom is -0.382 e. The summed E-state index contributed by atoms with van der Waals surface area (Å²) in [5.41, 5.74) is 0. The smallest absolute Gasteiger partial charge is 0.0629 e. The molecule has 0 radical (unpaired) electrons. The first-order chi connectivity index (χ1) is 21.0. The third kappa shape index (κ3) is 10.1. The first kappa shape index (κ1) is 38.2. The summed E-state index contributed by atoms with van der Waals surface area (Å²) in [4.78, 5) is 0. The predicted octanol–water partition coefficient (Wildman–Crippen LogP) is 8.44. The van der Waals surface area contributed by atoms with Gasteiger partial charge in [-0.05, 0) is 113 Å². The number of ether oxygens (including phenoxy) is 6. The van der Waals surface area contributed by atoms with Gasteiger partial charge in [0.2, 0.25) is 0 Å². The number of hydrogen-bond donors (Lipinski definition) is 0. The van der Waals surface area contributed by atoms with Crippen LogP contribution in [0.1, 0.15) is 115 Å². The fourth-order valence-electron chi connectivity index (χ4n) is 9.05. The maximum absolute atomic E-state index is 6.60. The molecule has 6 nitrogen and oxygen atoms in total. The average molecular weight is 625 g/mol. The van der Waals surface area contributed by atoms with E-state index < -0.39 is 0 Å². The van der Waals surface area contributed by atoms with Gasteiger partial charge < -0.3 is 28.4 Å². The molecule has 3 aliphatic rings. The summed E-state index contributed by atoms with van der Waals surface area (Å²) in [6.07, 6.45) is 8.03. The molecule has 0 aromatic heterocycles. The molecular weight excluding hydrogens is 552 g/mol. The van der Waals surface area contributed by atoms with Crippen LogP contribution < -0.4 is 0 Å². The molecule has 0 amide bonds. The summed E-state index contributed by atoms with van der Waals surface area (Å²) in [6.45, 7) is 30.2. The van der Waals surface area contributed by atoms with Crippen LogP contribution in [0.5, 0.6) is 0 Å². The molecule has 15 atom stereocenters. The lowest BCUT2D eigenvalue weighted by molar-refractivity contribution is -0.149. The Labute approximate surface area is 272 Å². The molecule has 260 valence electrons. The third-order valence-electron chi connectivity index (χ3n) is 12.8. The maximum Gasteiger partial charge on any atom is 0.0629 e. The summed E-state index contributed by atoms with van der Waals surface area (Å²) in [6, 6.07) is 0. The van der Waals surface area contributed by atoms with Crippen LogP contribution in [0.2, 0.25) is 0 Å². The second-order valence-electron chi connectivity index (χ2n) is 15.1. The second kappa shape index (κ2) is 18.9. The van der Waals surface area contributed by atoms with Crippen molar-refractivity contribution in [2.75, 3.05) is 39.6 Å². The molecule has 3 aliphatic heterocycles. The van der Waals surface area contributed by atoms with Crippen molar-refractivity contribution in [2.24, 2.45) is 53.3 Å². The summed E-state index contributed by atoms with van der Waals surface area (Å²) in [7, 11) is 0. The number of rotatable bonds is 17. The van der Waals surface area contributed by atoms with Gasteiger partial charge in [0, 0.05) is 39.6 Å². The molecule has 3 fully saturated rings. The lowest BCUT2D eigenvalue weighted by Crippen LogP contribution is -2.45. The summed E-state index contributed by atoms with van der Waals surface area (Å²) >= 11 is 0. The van der Waals surface area contributed by atoms with E-state index in [2.05, 4.69) is 76.2 Å². The van der Waals surface area contributed by atoms with E-state index in [1.54, 1.807) is 0 Å². The predicted molar refractivity (Wildman–Crippen MR) is 180 cm³/mol. The Morgan fingerprint density at radius 1 is 0.386 bits per heavy atom. The molecule has 44 heavy (non-hydrogen) atoms. The first-order valence-corrected chi connectivity index (χ1v) is 18.7. The molecule has 3 heterocycles. The minimum atomic E-state index is 0.252. The Balaban J connectivity index is 1.31. The van der Waals surface area contributed by atoms with Gasteiger partial charge >= 0.3 is 0 Å². The van der Waals surface area contributed by atoms with Crippen LogP contribution in [-0.2, 0) is 28.4 Å². The van der Waals surface area contributed by atoms with Crippen molar-refractivity contribution in [2.45, 2.75) is 151 Å². The van der Waals surface area contributed by atoms with Crippen LogP contribution in [0.3, 0.4) is 0 Å². The molecule has 3 rings (SSSR count). The van der Waals surface area contributed by atoms with E-state index in [0.29, 0.717) is 71.6 Å². The summed E-state index contributed by atoms with van der Waals surface area (Å²) in [5.74, 6) is 5.36. The highest BCUT2D eigenvalue weighted by atomic mass is 16.5. The van der Waals surface area contributed by atoms with Crippen molar-refractivity contribution < 1.29 is 28.4 Å². The first-order valence-electron chi connectivity index (χ1n) is 18.7. The van der Waals surface area contributed by atoms with Crippen molar-refractivity contribution in [3.8, 4) is 0 Å². The molecule has 6 heteroatoms. The zero-order chi connectivity index (χ0) is 32.4. The van der Waals surface area contributed by atoms with E-state index in [4.69, 9.17) is 28.4 Å². The fourth-order valence-corrected chi connectivity index (χ4v) is 9.05. The second-order valence-corrected chi connectivity index (χ2v) is 15.1. The number of hydrogen-bond acceptors (Lipinski definition) is 6. The monoisotopic (exact) mass is 625 g/mol. The molecule has 0 spiro atoms. The average Bonchev–Trinajstić information content (AvgIpc) is 2.99. The topological polar surface area (TPSA) is 55.4 Å². The van der Waals surface area contributed by atoms with E-state index in [9.17, 15) is 0 Å². The van der Waals surface area contributed by atoms with Gasteiger partial charge in [0.25, 0.3) is 0 Å². The van der Waals surface area contributed by atoms with Gasteiger partial charge in [-0.3, -0.25) is 0 Å². The molecule has 0 N–H and O–H groups in total. The van der Waals surface area contributed by atoms with E-state index >= 15 is 0 Å². The fraction of sp³-hybridized carbons (Fsp3) is 1.00. The molecule has 0 aromatic carbocycles. The molecule has 0 aliphatic carbocycles. The van der Waals surface area contributed by atoms with Crippen molar-refractivity contribution >= 4 is 0 Å². The van der Waals surface area contributed by atoms with Crippen LogP contribution in [-0.4, -0.2) is 76.3 Å². The largest absolute Gasteiger partial charge is 0.382 e. The zero-order valence-electron chi connectivity index (χ0n) is 30.6. The Morgan fingerprint density at radius 3 is 1.07 bits per heavy atom. The van der Waals surface area contributed by atoms with E-state index in [1.807, 2.05) is 0 Å². The third-order valence-corrected chi connectivity index (χ3v) is 12.8. The van der Waals surface area contributed by atoms with Gasteiger partial charge in [0.05, 0.1) is 36.6 Å². The SMILES string of the molecule is CCOCCC1OC(C)C(CCOCCC2OC(C)C(CCOCCC3OC(C)C(CC)C(C)C3C)C(C)C2C)C(C)C1C. The minimum absolute atomic E-state index is 0.252. The van der Waals surface area contributed by atoms with Crippen molar-refractivity contribution in [1.82, 2.24) is 0 Å². The highest BCUT2D eigenvalue weighted by Gasteiger charge is 2.41. The maximum atomic E-state index is 6.60. The van der Waals surface area contributed by atoms with Gasteiger partial charge in [-0.25, -0.2) is 0 Å². The van der Waals surface area contributed by atoms with E-state index in [-0.39, 0.29) is 18.3 Å². The van der Waals surface area contributed by atoms with Crippen LogP contribution in [0.15, 0.2) is 0 Å².